The van der Waals surface area contributed by atoms with E-state index in [1.54, 1.807) is 0 Å². The van der Waals surface area contributed by atoms with Crippen LogP contribution >= 0.6 is 23.2 Å². The van der Waals surface area contributed by atoms with E-state index in [-0.39, 0.29) is 11.4 Å². The maximum Gasteiger partial charge on any atom is 0.0967 e. The number of piperidine rings is 1. The number of halogens is 2. The Kier molecular flexibility index (Phi) is 7.99. The van der Waals surface area contributed by atoms with E-state index in [9.17, 15) is 0 Å². The molecule has 0 spiro atoms. The molecule has 1 aliphatic heterocycles. The van der Waals surface area contributed by atoms with Crippen molar-refractivity contribution in [2.45, 2.75) is 18.9 Å². The van der Waals surface area contributed by atoms with Crippen LogP contribution in [-0.4, -0.2) is 29.6 Å². The zero-order valence-corrected chi connectivity index (χ0v) is 7.33. The first-order chi connectivity index (χ1) is 4.81. The second kappa shape index (κ2) is 7.61. The van der Waals surface area contributed by atoms with Gasteiger partial charge in [0.25, 0.3) is 0 Å². The van der Waals surface area contributed by atoms with Gasteiger partial charge in [-0.25, -0.2) is 0 Å². The third kappa shape index (κ3) is 6.62. The Morgan fingerprint density at radius 2 is 2.10 bits per heavy atom. The average Bonchev–Trinajstić information content (AvgIpc) is 1.91. The lowest BCUT2D eigenvalue weighted by molar-refractivity contribution is 0.142. The molecule has 0 aromatic heterocycles. The highest BCUT2D eigenvalue weighted by Gasteiger charge is 2.06. The molecule has 10 heavy (non-hydrogen) atoms. The number of β-amino-alcohol motifs (C(OH)–C–C–N with tert-alkyl or cyclic N) is 1. The van der Waals surface area contributed by atoms with Crippen molar-refractivity contribution in [3.8, 4) is 0 Å². The Bertz CT molecular complexity index is 66.8. The zero-order valence-electron chi connectivity index (χ0n) is 5.82. The molecule has 0 amide bonds. The summed E-state index contributed by atoms with van der Waals surface area (Å²) in [6.07, 6.45) is 2.03. The Hall–Kier alpha value is 0.500. The highest BCUT2D eigenvalue weighted by Crippen LogP contribution is 1.98. The first-order valence-electron chi connectivity index (χ1n) is 3.32. The summed E-state index contributed by atoms with van der Waals surface area (Å²) in [6, 6.07) is 0. The summed E-state index contributed by atoms with van der Waals surface area (Å²) in [5.41, 5.74) is 0. The lowest BCUT2D eigenvalue weighted by Crippen LogP contribution is -2.33. The Balaban J connectivity index is 0.000000236. The standard InChI is InChI=1S/C5H11NO.CH2Cl2/c7-5-2-1-3-6-4-5;2-1-3/h5-7H,1-4H2;1H2. The highest BCUT2D eigenvalue weighted by atomic mass is 35.5. The molecule has 4 heteroatoms. The van der Waals surface area contributed by atoms with Crippen molar-refractivity contribution in [1.82, 2.24) is 5.32 Å². The van der Waals surface area contributed by atoms with Crippen LogP contribution in [-0.2, 0) is 0 Å². The summed E-state index contributed by atoms with van der Waals surface area (Å²) in [4.78, 5) is 0. The monoisotopic (exact) mass is 185 g/mol. The molecule has 2 nitrogen and oxygen atoms in total. The lowest BCUT2D eigenvalue weighted by Gasteiger charge is -2.16. The molecular formula is C6H13Cl2NO. The number of alkyl halides is 2. The number of hydrogen-bond donors (Lipinski definition) is 2. The van der Waals surface area contributed by atoms with Gasteiger partial charge in [-0.05, 0) is 19.4 Å². The second-order valence-electron chi connectivity index (χ2n) is 2.10. The number of aliphatic hydroxyl groups excluding tert-OH is 1. The normalized spacial score (nSPS) is 24.9. The van der Waals surface area contributed by atoms with E-state index in [1.807, 2.05) is 0 Å². The molecule has 1 heterocycles. The molecule has 1 atom stereocenters. The van der Waals surface area contributed by atoms with Crippen LogP contribution in [0.15, 0.2) is 0 Å². The summed E-state index contributed by atoms with van der Waals surface area (Å²) in [6.45, 7) is 1.87. The third-order valence-corrected chi connectivity index (χ3v) is 1.27. The summed E-state index contributed by atoms with van der Waals surface area (Å²) in [5, 5.41) is 12.1. The van der Waals surface area contributed by atoms with Gasteiger partial charge >= 0.3 is 0 Å². The van der Waals surface area contributed by atoms with Gasteiger partial charge < -0.3 is 10.4 Å². The smallest absolute Gasteiger partial charge is 0.0967 e. The van der Waals surface area contributed by atoms with Gasteiger partial charge in [0.1, 0.15) is 0 Å². The van der Waals surface area contributed by atoms with Crippen molar-refractivity contribution in [2.75, 3.05) is 18.4 Å². The summed E-state index contributed by atoms with van der Waals surface area (Å²) in [7, 11) is 0. The van der Waals surface area contributed by atoms with Crippen molar-refractivity contribution < 1.29 is 5.11 Å². The molecule has 0 saturated carbocycles. The van der Waals surface area contributed by atoms with Crippen LogP contribution in [0.5, 0.6) is 0 Å². The summed E-state index contributed by atoms with van der Waals surface area (Å²) in [5.74, 6) is 0. The van der Waals surface area contributed by atoms with Crippen LogP contribution in [0, 0.1) is 0 Å². The molecule has 1 saturated heterocycles. The van der Waals surface area contributed by atoms with Gasteiger partial charge in [0, 0.05) is 6.54 Å². The SMILES string of the molecule is ClCCl.OC1CCCNC1. The van der Waals surface area contributed by atoms with Gasteiger partial charge in [-0.2, -0.15) is 0 Å². The van der Waals surface area contributed by atoms with Gasteiger partial charge in [-0.15, -0.1) is 23.2 Å². The first-order valence-corrected chi connectivity index (χ1v) is 4.39. The molecule has 2 N–H and O–H groups in total. The fraction of sp³-hybridized carbons (Fsp3) is 1.00. The minimum Gasteiger partial charge on any atom is -0.392 e. The van der Waals surface area contributed by atoms with Crippen molar-refractivity contribution in [2.24, 2.45) is 0 Å². The van der Waals surface area contributed by atoms with E-state index in [0.717, 1.165) is 25.9 Å². The molecule has 1 aliphatic rings. The van der Waals surface area contributed by atoms with Gasteiger partial charge in [0.05, 0.1) is 11.4 Å². The van der Waals surface area contributed by atoms with Gasteiger partial charge in [0.15, 0.2) is 0 Å². The molecule has 0 radical (unpaired) electrons. The average molecular weight is 186 g/mol. The summed E-state index contributed by atoms with van der Waals surface area (Å²) < 4.78 is 0. The Morgan fingerprint density at radius 3 is 2.30 bits per heavy atom. The minimum atomic E-state index is -0.0752. The van der Waals surface area contributed by atoms with E-state index < -0.39 is 0 Å². The fourth-order valence-electron chi connectivity index (χ4n) is 0.833. The van der Waals surface area contributed by atoms with Crippen molar-refractivity contribution in [3.05, 3.63) is 0 Å². The molecule has 0 bridgehead atoms. The van der Waals surface area contributed by atoms with Crippen LogP contribution in [0.2, 0.25) is 0 Å². The Labute approximate surface area is 71.5 Å². The third-order valence-electron chi connectivity index (χ3n) is 1.27. The Morgan fingerprint density at radius 1 is 1.50 bits per heavy atom. The van der Waals surface area contributed by atoms with Crippen molar-refractivity contribution in [1.29, 1.82) is 0 Å². The first kappa shape index (κ1) is 10.5. The van der Waals surface area contributed by atoms with E-state index in [4.69, 9.17) is 28.3 Å². The van der Waals surface area contributed by atoms with Crippen molar-refractivity contribution >= 4 is 23.2 Å². The molecule has 1 unspecified atom stereocenters. The molecule has 1 rings (SSSR count). The van der Waals surface area contributed by atoms with E-state index in [1.165, 1.54) is 0 Å². The summed E-state index contributed by atoms with van der Waals surface area (Å²) >= 11 is 9.53. The van der Waals surface area contributed by atoms with Crippen LogP contribution in [0.1, 0.15) is 12.8 Å². The van der Waals surface area contributed by atoms with Gasteiger partial charge in [0.2, 0.25) is 0 Å². The molecule has 0 aromatic rings. The van der Waals surface area contributed by atoms with Crippen LogP contribution in [0.25, 0.3) is 0 Å². The number of rotatable bonds is 0. The van der Waals surface area contributed by atoms with Crippen LogP contribution in [0.3, 0.4) is 0 Å². The van der Waals surface area contributed by atoms with E-state index in [2.05, 4.69) is 5.32 Å². The fourth-order valence-corrected chi connectivity index (χ4v) is 0.833. The van der Waals surface area contributed by atoms with E-state index in [0.29, 0.717) is 0 Å². The molecule has 0 aliphatic carbocycles. The molecular weight excluding hydrogens is 173 g/mol. The number of nitrogens with one attached hydrogen (secondary N) is 1. The predicted molar refractivity (Wildman–Crippen MR) is 44.7 cm³/mol. The number of aliphatic hydroxyl groups is 1. The topological polar surface area (TPSA) is 32.3 Å². The largest absolute Gasteiger partial charge is 0.392 e. The van der Waals surface area contributed by atoms with Crippen LogP contribution < -0.4 is 5.32 Å². The maximum atomic E-state index is 8.85. The molecule has 0 aromatic carbocycles. The predicted octanol–water partition coefficient (Wildman–Crippen LogP) is 1.15. The maximum absolute atomic E-state index is 8.85. The molecule has 1 fully saturated rings. The highest BCUT2D eigenvalue weighted by molar-refractivity contribution is 6.40. The molecule has 62 valence electrons. The quantitative estimate of drug-likeness (QED) is 0.556. The number of hydrogen-bond acceptors (Lipinski definition) is 2. The lowest BCUT2D eigenvalue weighted by atomic mass is 10.1. The van der Waals surface area contributed by atoms with Gasteiger partial charge in [-0.1, -0.05) is 0 Å². The van der Waals surface area contributed by atoms with Crippen molar-refractivity contribution in [3.63, 3.8) is 0 Å². The van der Waals surface area contributed by atoms with Gasteiger partial charge in [-0.3, -0.25) is 0 Å². The zero-order chi connectivity index (χ0) is 7.82. The van der Waals surface area contributed by atoms with E-state index >= 15 is 0 Å². The van der Waals surface area contributed by atoms with Crippen LogP contribution in [0.4, 0.5) is 0 Å². The second-order valence-corrected chi connectivity index (χ2v) is 2.91. The minimum absolute atomic E-state index is 0.0752.